The Labute approximate surface area is 103 Å². The van der Waals surface area contributed by atoms with Gasteiger partial charge >= 0.3 is 0 Å². The fourth-order valence-corrected chi connectivity index (χ4v) is 4.02. The fourth-order valence-electron chi connectivity index (χ4n) is 1.34. The Kier molecular flexibility index (Phi) is 25.2. The summed E-state index contributed by atoms with van der Waals surface area (Å²) in [5.74, 6) is 0. The molecule has 0 aliphatic carbocycles. The zero-order valence-corrected chi connectivity index (χ0v) is 15.1. The molecule has 0 N–H and O–H groups in total. The van der Waals surface area contributed by atoms with Crippen LogP contribution in [0.4, 0.5) is 0 Å². The molecule has 0 aromatic heterocycles. The second-order valence-electron chi connectivity index (χ2n) is 2.61. The summed E-state index contributed by atoms with van der Waals surface area (Å²) in [6.07, 6.45) is 5.82. The molecule has 0 fully saturated rings. The van der Waals surface area contributed by atoms with Crippen LogP contribution in [0.5, 0.6) is 0 Å². The molecule has 80 valence electrons. The Hall–Kier alpha value is 1.82. The highest BCUT2D eigenvalue weighted by Crippen LogP contribution is 2.57. The Balaban J connectivity index is -0.000000107. The Morgan fingerprint density at radius 1 is 0.667 bits per heavy atom. The molecule has 0 aliphatic heterocycles. The monoisotopic (exact) mass is 340 g/mol. The van der Waals surface area contributed by atoms with Gasteiger partial charge in [0.15, 0.2) is 0 Å². The van der Waals surface area contributed by atoms with Gasteiger partial charge in [0, 0.05) is 7.26 Å². The number of rotatable bonds is 4. The average molecular weight is 342 g/mol. The molecule has 4 heteroatoms. The lowest BCUT2D eigenvalue weighted by Gasteiger charge is -2.20. The van der Waals surface area contributed by atoms with Crippen LogP contribution in [-0.2, 0) is 0 Å². The van der Waals surface area contributed by atoms with Gasteiger partial charge in [0.25, 0.3) is 0 Å². The lowest BCUT2D eigenvalue weighted by Crippen LogP contribution is -3.00. The molecule has 1 unspecified atom stereocenters. The minimum Gasteiger partial charge on any atom is -1.00 e. The standard InChI is InChI=1S/C8H20P.2BrH.H3P/c1-5-9(6-2,7-3)8-4;;;/h5-8H2,1-4H3;2*1H;1H3/q+1;;;/p-1. The molecule has 0 saturated heterocycles. The molecule has 0 spiro atoms. The van der Waals surface area contributed by atoms with Crippen molar-refractivity contribution in [2.24, 2.45) is 0 Å². The van der Waals surface area contributed by atoms with Crippen LogP contribution < -0.4 is 34.0 Å². The summed E-state index contributed by atoms with van der Waals surface area (Å²) in [6, 6.07) is 0. The first-order valence-electron chi connectivity index (χ1n) is 4.09. The van der Waals surface area contributed by atoms with Crippen LogP contribution in [0.1, 0.15) is 27.7 Å². The quantitative estimate of drug-likeness (QED) is 0.475. The van der Waals surface area contributed by atoms with Gasteiger partial charge in [0.1, 0.15) is 0 Å². The summed E-state index contributed by atoms with van der Waals surface area (Å²) >= 11 is 0. The van der Waals surface area contributed by atoms with Crippen molar-refractivity contribution < 1.29 is 34.0 Å². The highest BCUT2D eigenvalue weighted by molar-refractivity contribution is 7.75. The normalized spacial score (nSPS) is 9.00. The number of hydrogen-bond acceptors (Lipinski definition) is 0. The minimum absolute atomic E-state index is 0. The van der Waals surface area contributed by atoms with Crippen molar-refractivity contribution in [2.75, 3.05) is 24.6 Å². The third-order valence-electron chi connectivity index (χ3n) is 2.68. The first kappa shape index (κ1) is 23.6. The maximum absolute atomic E-state index is 2.35. The van der Waals surface area contributed by atoms with Gasteiger partial charge < -0.3 is 34.0 Å². The zero-order chi connectivity index (χ0) is 7.33. The third kappa shape index (κ3) is 7.25. The molecule has 0 aliphatic rings. The maximum Gasteiger partial charge on any atom is 0.0565 e. The van der Waals surface area contributed by atoms with Crippen molar-refractivity contribution in [1.29, 1.82) is 0 Å². The first-order valence-corrected chi connectivity index (χ1v) is 6.62. The second kappa shape index (κ2) is 12.8. The van der Waals surface area contributed by atoms with E-state index in [0.717, 1.165) is 0 Å². The topological polar surface area (TPSA) is 0 Å². The number of halogens is 2. The highest BCUT2D eigenvalue weighted by Gasteiger charge is 2.27. The van der Waals surface area contributed by atoms with E-state index in [4.69, 9.17) is 0 Å². The molecule has 0 nitrogen and oxygen atoms in total. The minimum atomic E-state index is -0.420. The molecule has 0 amide bonds. The smallest absolute Gasteiger partial charge is 0.0565 e. The summed E-state index contributed by atoms with van der Waals surface area (Å²) in [5.41, 5.74) is 0. The molecule has 0 aromatic carbocycles. The summed E-state index contributed by atoms with van der Waals surface area (Å²) in [4.78, 5) is 0. The van der Waals surface area contributed by atoms with Crippen LogP contribution in [0.25, 0.3) is 0 Å². The molecule has 0 rings (SSSR count). The van der Waals surface area contributed by atoms with Crippen molar-refractivity contribution in [3.8, 4) is 0 Å². The summed E-state index contributed by atoms with van der Waals surface area (Å²) in [6.45, 7) is 9.41. The van der Waals surface area contributed by atoms with Gasteiger partial charge in [-0.25, -0.2) is 0 Å². The lowest BCUT2D eigenvalue weighted by atomic mass is 10.9. The van der Waals surface area contributed by atoms with E-state index >= 15 is 0 Å². The van der Waals surface area contributed by atoms with Crippen molar-refractivity contribution in [3.05, 3.63) is 0 Å². The summed E-state index contributed by atoms with van der Waals surface area (Å²) in [5, 5.41) is 0. The zero-order valence-electron chi connectivity index (χ0n) is 9.03. The van der Waals surface area contributed by atoms with Crippen molar-refractivity contribution in [3.63, 3.8) is 0 Å². The van der Waals surface area contributed by atoms with Gasteiger partial charge in [-0.2, -0.15) is 0 Å². The van der Waals surface area contributed by atoms with Crippen LogP contribution in [0.2, 0.25) is 0 Å². The Bertz CT molecular complexity index is 57.9. The highest BCUT2D eigenvalue weighted by atomic mass is 79.9. The van der Waals surface area contributed by atoms with Crippen molar-refractivity contribution in [2.45, 2.75) is 27.7 Å². The predicted octanol–water partition coefficient (Wildman–Crippen LogP) is -3.12. The number of hydrogen-bond donors (Lipinski definition) is 0. The van der Waals surface area contributed by atoms with Crippen LogP contribution in [0.3, 0.4) is 0 Å². The van der Waals surface area contributed by atoms with E-state index in [2.05, 4.69) is 27.7 Å². The van der Waals surface area contributed by atoms with E-state index in [1.54, 1.807) is 0 Å². The molecule has 1 atom stereocenters. The first-order chi connectivity index (χ1) is 4.24. The average Bonchev–Trinajstić information content (AvgIpc) is 1.95. The van der Waals surface area contributed by atoms with Gasteiger partial charge in [0.05, 0.1) is 24.6 Å². The molecule has 0 bridgehead atoms. The Morgan fingerprint density at radius 3 is 0.833 bits per heavy atom. The third-order valence-corrected chi connectivity index (χ3v) is 8.05. The van der Waals surface area contributed by atoms with Gasteiger partial charge in [-0.3, -0.25) is 0 Å². The summed E-state index contributed by atoms with van der Waals surface area (Å²) in [7, 11) is -0.420. The Morgan fingerprint density at radius 2 is 0.833 bits per heavy atom. The molecule has 0 heterocycles. The van der Waals surface area contributed by atoms with Gasteiger partial charge in [0.2, 0.25) is 0 Å². The largest absolute Gasteiger partial charge is 1.00 e. The molecule has 0 radical (unpaired) electrons. The molecule has 0 saturated carbocycles. The van der Waals surface area contributed by atoms with Crippen LogP contribution in [-0.4, -0.2) is 24.6 Å². The fraction of sp³-hybridized carbons (Fsp3) is 1.00. The lowest BCUT2D eigenvalue weighted by molar-refractivity contribution is -0.00100. The maximum atomic E-state index is 2.35. The van der Waals surface area contributed by atoms with E-state index in [1.165, 1.54) is 24.6 Å². The van der Waals surface area contributed by atoms with E-state index in [-0.39, 0.29) is 43.9 Å². The SMILES string of the molecule is CC[P+](CC)(CC)CC.[Br-].[Br-].[PH4+]. The van der Waals surface area contributed by atoms with E-state index in [9.17, 15) is 0 Å². The molecular weight excluding hydrogens is 318 g/mol. The summed E-state index contributed by atoms with van der Waals surface area (Å²) < 4.78 is 0. The van der Waals surface area contributed by atoms with Crippen LogP contribution in [0.15, 0.2) is 0 Å². The van der Waals surface area contributed by atoms with Crippen LogP contribution in [0, 0.1) is 0 Å². The van der Waals surface area contributed by atoms with Crippen molar-refractivity contribution in [1.82, 2.24) is 0 Å². The van der Waals surface area contributed by atoms with Crippen LogP contribution >= 0.6 is 17.2 Å². The molecular formula is C8H24Br2P2. The van der Waals surface area contributed by atoms with E-state index in [0.29, 0.717) is 0 Å². The predicted molar refractivity (Wildman–Crippen MR) is 61.6 cm³/mol. The van der Waals surface area contributed by atoms with Gasteiger partial charge in [-0.15, -0.1) is 0 Å². The van der Waals surface area contributed by atoms with E-state index < -0.39 is 7.26 Å². The van der Waals surface area contributed by atoms with Gasteiger partial charge in [-0.1, -0.05) is 0 Å². The van der Waals surface area contributed by atoms with E-state index in [1.807, 2.05) is 0 Å². The van der Waals surface area contributed by atoms with Gasteiger partial charge in [-0.05, 0) is 37.6 Å². The molecule has 0 aromatic rings. The molecule has 12 heavy (non-hydrogen) atoms. The second-order valence-corrected chi connectivity index (χ2v) is 7.82. The van der Waals surface area contributed by atoms with Crippen molar-refractivity contribution >= 4 is 17.2 Å².